The van der Waals surface area contributed by atoms with E-state index in [-0.39, 0.29) is 17.6 Å². The smallest absolute Gasteiger partial charge is 0.0576 e. The van der Waals surface area contributed by atoms with E-state index in [0.29, 0.717) is 11.8 Å². The van der Waals surface area contributed by atoms with E-state index in [2.05, 4.69) is 34.6 Å². The molecule has 0 saturated heterocycles. The van der Waals surface area contributed by atoms with Gasteiger partial charge in [0.25, 0.3) is 0 Å². The van der Waals surface area contributed by atoms with Gasteiger partial charge in [-0.25, -0.2) is 0 Å². The van der Waals surface area contributed by atoms with Crippen LogP contribution >= 0.6 is 0 Å². The Morgan fingerprint density at radius 3 is 2.44 bits per heavy atom. The molecule has 96 valence electrons. The van der Waals surface area contributed by atoms with Gasteiger partial charge >= 0.3 is 0 Å². The summed E-state index contributed by atoms with van der Waals surface area (Å²) in [5.74, 6) is 1.07. The van der Waals surface area contributed by atoms with Gasteiger partial charge in [-0.05, 0) is 43.9 Å². The molecule has 2 heteroatoms. The maximum atomic E-state index is 10.2. The zero-order valence-electron chi connectivity index (χ0n) is 11.5. The third kappa shape index (κ3) is 3.74. The normalized spacial score (nSPS) is 32.1. The molecule has 0 bridgehead atoms. The predicted octanol–water partition coefficient (Wildman–Crippen LogP) is 3.23. The van der Waals surface area contributed by atoms with Crippen molar-refractivity contribution in [1.29, 1.82) is 0 Å². The first-order valence-corrected chi connectivity index (χ1v) is 6.62. The average Bonchev–Trinajstić information content (AvgIpc) is 2.14. The summed E-state index contributed by atoms with van der Waals surface area (Å²) in [6, 6.07) is 0. The molecule has 0 heterocycles. The maximum absolute atomic E-state index is 10.2. The van der Waals surface area contributed by atoms with Crippen LogP contribution in [0.1, 0.15) is 53.9 Å². The highest BCUT2D eigenvalue weighted by Crippen LogP contribution is 2.40. The molecule has 0 amide bonds. The van der Waals surface area contributed by atoms with E-state index in [0.717, 1.165) is 19.4 Å². The number of aliphatic hydroxyl groups excluding tert-OH is 1. The minimum atomic E-state index is -0.144. The van der Waals surface area contributed by atoms with Crippen molar-refractivity contribution >= 4 is 0 Å². The van der Waals surface area contributed by atoms with Gasteiger partial charge in [0.05, 0.1) is 18.8 Å². The minimum absolute atomic E-state index is 0.0871. The van der Waals surface area contributed by atoms with Gasteiger partial charge in [-0.15, -0.1) is 0 Å². The molecule has 0 aromatic heterocycles. The molecule has 3 unspecified atom stereocenters. The van der Waals surface area contributed by atoms with Crippen LogP contribution in [-0.2, 0) is 4.74 Å². The number of ether oxygens (including phenoxy) is 1. The van der Waals surface area contributed by atoms with Crippen molar-refractivity contribution in [3.63, 3.8) is 0 Å². The fourth-order valence-corrected chi connectivity index (χ4v) is 2.75. The van der Waals surface area contributed by atoms with Crippen molar-refractivity contribution in [2.75, 3.05) is 6.61 Å². The first-order valence-electron chi connectivity index (χ1n) is 6.62. The van der Waals surface area contributed by atoms with Gasteiger partial charge in [0, 0.05) is 0 Å². The molecule has 0 aromatic rings. The molecule has 1 aliphatic carbocycles. The number of aliphatic hydroxyl groups is 1. The Kier molecular flexibility index (Phi) is 4.81. The van der Waals surface area contributed by atoms with E-state index in [4.69, 9.17) is 4.74 Å². The standard InChI is InChI=1S/C14H28O2/c1-10(2)16-9-14(4,5)12-7-6-11(3)8-13(12)15/h10-13,15H,6-9H2,1-5H3. The Bertz CT molecular complexity index is 211. The predicted molar refractivity (Wildman–Crippen MR) is 67.4 cm³/mol. The quantitative estimate of drug-likeness (QED) is 0.800. The third-order valence-electron chi connectivity index (χ3n) is 3.87. The Morgan fingerprint density at radius 2 is 1.94 bits per heavy atom. The van der Waals surface area contributed by atoms with E-state index in [1.807, 2.05) is 0 Å². The highest BCUT2D eigenvalue weighted by Gasteiger charge is 2.38. The van der Waals surface area contributed by atoms with Gasteiger partial charge < -0.3 is 9.84 Å². The van der Waals surface area contributed by atoms with Crippen LogP contribution in [0.5, 0.6) is 0 Å². The van der Waals surface area contributed by atoms with Gasteiger partial charge in [0.1, 0.15) is 0 Å². The van der Waals surface area contributed by atoms with Gasteiger partial charge in [-0.2, -0.15) is 0 Å². The Balaban J connectivity index is 2.53. The zero-order valence-corrected chi connectivity index (χ0v) is 11.5. The lowest BCUT2D eigenvalue weighted by molar-refractivity contribution is -0.0645. The minimum Gasteiger partial charge on any atom is -0.393 e. The molecule has 1 N–H and O–H groups in total. The molecule has 1 aliphatic rings. The summed E-state index contributed by atoms with van der Waals surface area (Å²) >= 11 is 0. The lowest BCUT2D eigenvalue weighted by atomic mass is 9.68. The number of hydrogen-bond acceptors (Lipinski definition) is 2. The topological polar surface area (TPSA) is 29.5 Å². The molecular weight excluding hydrogens is 200 g/mol. The second-order valence-electron chi connectivity index (χ2n) is 6.44. The van der Waals surface area contributed by atoms with E-state index in [9.17, 15) is 5.11 Å². The molecule has 2 nitrogen and oxygen atoms in total. The van der Waals surface area contributed by atoms with Crippen molar-refractivity contribution < 1.29 is 9.84 Å². The Morgan fingerprint density at radius 1 is 1.31 bits per heavy atom. The molecule has 1 fully saturated rings. The molecule has 3 atom stereocenters. The van der Waals surface area contributed by atoms with Gasteiger partial charge in [0.15, 0.2) is 0 Å². The summed E-state index contributed by atoms with van der Waals surface area (Å²) in [7, 11) is 0. The highest BCUT2D eigenvalue weighted by molar-refractivity contribution is 4.88. The van der Waals surface area contributed by atoms with Crippen LogP contribution < -0.4 is 0 Å². The first-order chi connectivity index (χ1) is 7.33. The van der Waals surface area contributed by atoms with Crippen molar-refractivity contribution in [3.8, 4) is 0 Å². The molecule has 0 radical (unpaired) electrons. The van der Waals surface area contributed by atoms with Crippen LogP contribution in [0.3, 0.4) is 0 Å². The molecular formula is C14H28O2. The summed E-state index contributed by atoms with van der Waals surface area (Å²) in [6.45, 7) is 11.6. The van der Waals surface area contributed by atoms with E-state index in [1.165, 1.54) is 6.42 Å². The summed E-state index contributed by atoms with van der Waals surface area (Å²) in [5.41, 5.74) is 0.0871. The Hall–Kier alpha value is -0.0800. The average molecular weight is 228 g/mol. The van der Waals surface area contributed by atoms with Gasteiger partial charge in [-0.3, -0.25) is 0 Å². The van der Waals surface area contributed by atoms with Crippen molar-refractivity contribution in [1.82, 2.24) is 0 Å². The summed E-state index contributed by atoms with van der Waals surface area (Å²) in [5, 5.41) is 10.2. The van der Waals surface area contributed by atoms with Crippen molar-refractivity contribution in [3.05, 3.63) is 0 Å². The van der Waals surface area contributed by atoms with Crippen molar-refractivity contribution in [2.45, 2.75) is 66.1 Å². The van der Waals surface area contributed by atoms with Gasteiger partial charge in [-0.1, -0.05) is 27.2 Å². The second kappa shape index (κ2) is 5.50. The van der Waals surface area contributed by atoms with Crippen molar-refractivity contribution in [2.24, 2.45) is 17.3 Å². The van der Waals surface area contributed by atoms with Gasteiger partial charge in [0.2, 0.25) is 0 Å². The largest absolute Gasteiger partial charge is 0.393 e. The fraction of sp³-hybridized carbons (Fsp3) is 1.00. The summed E-state index contributed by atoms with van der Waals surface area (Å²) < 4.78 is 5.72. The lowest BCUT2D eigenvalue weighted by Crippen LogP contribution is -2.41. The fourth-order valence-electron chi connectivity index (χ4n) is 2.75. The summed E-state index contributed by atoms with van der Waals surface area (Å²) in [4.78, 5) is 0. The van der Waals surface area contributed by atoms with Crippen LogP contribution in [0.25, 0.3) is 0 Å². The molecule has 0 spiro atoms. The molecule has 0 aromatic carbocycles. The molecule has 1 saturated carbocycles. The van der Waals surface area contributed by atoms with E-state index < -0.39 is 0 Å². The zero-order chi connectivity index (χ0) is 12.3. The maximum Gasteiger partial charge on any atom is 0.0576 e. The Labute approximate surface area is 100 Å². The summed E-state index contributed by atoms with van der Waals surface area (Å²) in [6.07, 6.45) is 3.47. The second-order valence-corrected chi connectivity index (χ2v) is 6.44. The molecule has 0 aliphatic heterocycles. The number of hydrogen-bond donors (Lipinski definition) is 1. The molecule has 1 rings (SSSR count). The molecule has 16 heavy (non-hydrogen) atoms. The van der Waals surface area contributed by atoms with Crippen LogP contribution in [0, 0.1) is 17.3 Å². The SMILES string of the molecule is CC1CCC(C(C)(C)COC(C)C)C(O)C1. The number of rotatable bonds is 4. The van der Waals surface area contributed by atoms with E-state index in [1.54, 1.807) is 0 Å². The van der Waals surface area contributed by atoms with Crippen LogP contribution in [-0.4, -0.2) is 23.9 Å². The van der Waals surface area contributed by atoms with Crippen LogP contribution in [0.4, 0.5) is 0 Å². The van der Waals surface area contributed by atoms with E-state index >= 15 is 0 Å². The van der Waals surface area contributed by atoms with Crippen LogP contribution in [0.15, 0.2) is 0 Å². The van der Waals surface area contributed by atoms with Crippen LogP contribution in [0.2, 0.25) is 0 Å². The lowest BCUT2D eigenvalue weighted by Gasteiger charge is -2.42. The first kappa shape index (κ1) is 14.0. The monoisotopic (exact) mass is 228 g/mol. The highest BCUT2D eigenvalue weighted by atomic mass is 16.5. The third-order valence-corrected chi connectivity index (χ3v) is 3.87.